The molecule has 1 N–H and O–H groups in total. The van der Waals surface area contributed by atoms with Crippen molar-refractivity contribution in [2.75, 3.05) is 13.7 Å². The highest BCUT2D eigenvalue weighted by Crippen LogP contribution is 2.59. The summed E-state index contributed by atoms with van der Waals surface area (Å²) >= 11 is 0. The summed E-state index contributed by atoms with van der Waals surface area (Å²) in [6.07, 6.45) is -0.543. The number of phosphoric ester groups is 1. The van der Waals surface area contributed by atoms with Gasteiger partial charge in [0.15, 0.2) is 0 Å². The first-order chi connectivity index (χ1) is 8.36. The first-order valence-electron chi connectivity index (χ1n) is 5.64. The zero-order valence-corrected chi connectivity index (χ0v) is 11.5. The van der Waals surface area contributed by atoms with Gasteiger partial charge in [-0.3, -0.25) is 9.05 Å². The maximum atomic E-state index is 11.6. The van der Waals surface area contributed by atoms with Crippen LogP contribution in [0, 0.1) is 5.41 Å². The normalized spacial score (nSPS) is 31.0. The van der Waals surface area contributed by atoms with Gasteiger partial charge in [0, 0.05) is 11.0 Å². The van der Waals surface area contributed by atoms with Crippen LogP contribution in [0.4, 0.5) is 0 Å². The van der Waals surface area contributed by atoms with Crippen LogP contribution in [0.2, 0.25) is 0 Å². The third-order valence-electron chi connectivity index (χ3n) is 2.97. The molecule has 1 aliphatic rings. The van der Waals surface area contributed by atoms with Crippen LogP contribution in [0.5, 0.6) is 5.75 Å². The Morgan fingerprint density at radius 2 is 2.11 bits per heavy atom. The van der Waals surface area contributed by atoms with Gasteiger partial charge in [-0.15, -0.1) is 0 Å². The minimum absolute atomic E-state index is 0.156. The van der Waals surface area contributed by atoms with Gasteiger partial charge in [0.25, 0.3) is 0 Å². The highest BCUT2D eigenvalue weighted by Gasteiger charge is 2.45. The van der Waals surface area contributed by atoms with Crippen LogP contribution >= 0.6 is 7.82 Å². The average Bonchev–Trinajstić information content (AvgIpc) is 2.33. The summed E-state index contributed by atoms with van der Waals surface area (Å²) in [5.41, 5.74) is 0.341. The lowest BCUT2D eigenvalue weighted by Gasteiger charge is -2.39. The molecule has 0 spiro atoms. The molecule has 0 aromatic heterocycles. The van der Waals surface area contributed by atoms with E-state index in [9.17, 15) is 9.46 Å². The Bertz CT molecular complexity index is 485. The van der Waals surface area contributed by atoms with Crippen molar-refractivity contribution >= 4 is 7.82 Å². The predicted octanol–water partition coefficient (Wildman–Crippen LogP) is 2.91. The van der Waals surface area contributed by atoms with Gasteiger partial charge < -0.3 is 9.63 Å². The predicted molar refractivity (Wildman–Crippen MR) is 66.4 cm³/mol. The molecular weight excluding hydrogens is 255 g/mol. The highest BCUT2D eigenvalue weighted by atomic mass is 31.2. The highest BCUT2D eigenvalue weighted by molar-refractivity contribution is 7.47. The van der Waals surface area contributed by atoms with E-state index in [1.54, 1.807) is 13.2 Å². The van der Waals surface area contributed by atoms with Crippen molar-refractivity contribution in [3.63, 3.8) is 0 Å². The Labute approximate surface area is 106 Å². The molecule has 1 unspecified atom stereocenters. The molecule has 0 radical (unpaired) electrons. The molecule has 100 valence electrons. The van der Waals surface area contributed by atoms with Crippen molar-refractivity contribution in [1.29, 1.82) is 0 Å². The van der Waals surface area contributed by atoms with Crippen LogP contribution in [-0.2, 0) is 13.6 Å². The molecule has 2 rings (SSSR count). The van der Waals surface area contributed by atoms with E-state index in [2.05, 4.69) is 0 Å². The Balaban J connectivity index is 2.43. The lowest BCUT2D eigenvalue weighted by molar-refractivity contribution is -0.0480. The number of benzene rings is 1. The molecule has 0 aliphatic carbocycles. The number of rotatable bonds is 2. The SMILES string of the molecule is COc1ccccc1[C@H]1OP(=O)(O)OCC1(C)C. The summed E-state index contributed by atoms with van der Waals surface area (Å²) in [6, 6.07) is 7.31. The molecule has 1 saturated heterocycles. The molecule has 1 aliphatic heterocycles. The quantitative estimate of drug-likeness (QED) is 0.838. The maximum Gasteiger partial charge on any atom is 0.472 e. The fourth-order valence-electron chi connectivity index (χ4n) is 1.99. The van der Waals surface area contributed by atoms with Gasteiger partial charge in [0.1, 0.15) is 11.9 Å². The molecule has 0 bridgehead atoms. The van der Waals surface area contributed by atoms with Gasteiger partial charge >= 0.3 is 7.82 Å². The third kappa shape index (κ3) is 2.59. The van der Waals surface area contributed by atoms with E-state index in [1.807, 2.05) is 32.0 Å². The summed E-state index contributed by atoms with van der Waals surface area (Å²) in [6.45, 7) is 4.00. The van der Waals surface area contributed by atoms with Crippen molar-refractivity contribution < 1.29 is 23.2 Å². The molecule has 6 heteroatoms. The second kappa shape index (κ2) is 4.67. The number of methoxy groups -OCH3 is 1. The third-order valence-corrected chi connectivity index (χ3v) is 3.90. The van der Waals surface area contributed by atoms with E-state index in [1.165, 1.54) is 0 Å². The largest absolute Gasteiger partial charge is 0.496 e. The zero-order valence-electron chi connectivity index (χ0n) is 10.6. The van der Waals surface area contributed by atoms with Gasteiger partial charge in [0.2, 0.25) is 0 Å². The molecule has 1 fully saturated rings. The van der Waals surface area contributed by atoms with Crippen LogP contribution in [-0.4, -0.2) is 18.6 Å². The second-order valence-electron chi connectivity index (χ2n) is 4.96. The molecule has 1 heterocycles. The summed E-state index contributed by atoms with van der Waals surface area (Å²) in [4.78, 5) is 9.47. The van der Waals surface area contributed by atoms with Crippen LogP contribution in [0.1, 0.15) is 25.5 Å². The van der Waals surface area contributed by atoms with E-state index in [0.717, 1.165) is 5.56 Å². The second-order valence-corrected chi connectivity index (χ2v) is 6.36. The van der Waals surface area contributed by atoms with Crippen molar-refractivity contribution in [3.8, 4) is 5.75 Å². The van der Waals surface area contributed by atoms with E-state index in [-0.39, 0.29) is 6.61 Å². The summed E-state index contributed by atoms with van der Waals surface area (Å²) in [7, 11) is -2.41. The molecule has 1 aromatic rings. The van der Waals surface area contributed by atoms with Crippen molar-refractivity contribution in [2.24, 2.45) is 5.41 Å². The van der Waals surface area contributed by atoms with E-state index >= 15 is 0 Å². The lowest BCUT2D eigenvalue weighted by atomic mass is 9.83. The smallest absolute Gasteiger partial charge is 0.472 e. The number of hydrogen-bond acceptors (Lipinski definition) is 4. The minimum Gasteiger partial charge on any atom is -0.496 e. The van der Waals surface area contributed by atoms with Crippen LogP contribution in [0.15, 0.2) is 24.3 Å². The van der Waals surface area contributed by atoms with E-state index in [0.29, 0.717) is 5.75 Å². The first-order valence-corrected chi connectivity index (χ1v) is 7.14. The summed E-state index contributed by atoms with van der Waals surface area (Å²) < 4.78 is 26.9. The molecule has 2 atom stereocenters. The van der Waals surface area contributed by atoms with E-state index in [4.69, 9.17) is 13.8 Å². The monoisotopic (exact) mass is 272 g/mol. The van der Waals surface area contributed by atoms with Gasteiger partial charge in [0.05, 0.1) is 13.7 Å². The van der Waals surface area contributed by atoms with Gasteiger partial charge in [-0.1, -0.05) is 32.0 Å². The fraction of sp³-hybridized carbons (Fsp3) is 0.500. The van der Waals surface area contributed by atoms with Gasteiger partial charge in [-0.2, -0.15) is 0 Å². The molecule has 0 amide bonds. The van der Waals surface area contributed by atoms with Crippen LogP contribution < -0.4 is 4.74 Å². The maximum absolute atomic E-state index is 11.6. The van der Waals surface area contributed by atoms with E-state index < -0.39 is 19.3 Å². The Morgan fingerprint density at radius 1 is 1.44 bits per heavy atom. The van der Waals surface area contributed by atoms with Gasteiger partial charge in [-0.05, 0) is 6.07 Å². The number of ether oxygens (including phenoxy) is 1. The molecule has 1 aromatic carbocycles. The minimum atomic E-state index is -3.97. The van der Waals surface area contributed by atoms with Crippen LogP contribution in [0.25, 0.3) is 0 Å². The van der Waals surface area contributed by atoms with Crippen molar-refractivity contribution in [3.05, 3.63) is 29.8 Å². The average molecular weight is 272 g/mol. The Hall–Kier alpha value is -0.870. The lowest BCUT2D eigenvalue weighted by Crippen LogP contribution is -2.33. The topological polar surface area (TPSA) is 65.0 Å². The molecule has 0 saturated carbocycles. The standard InChI is InChI=1S/C12H17O5P/c1-12(2)8-16-18(13,14)17-11(12)9-6-4-5-7-10(9)15-3/h4-7,11H,8H2,1-3H3,(H,13,14)/t11-/m1/s1. The number of para-hydroxylation sites is 1. The number of phosphoric acid groups is 1. The fourth-order valence-corrected chi connectivity index (χ4v) is 3.21. The first kappa shape index (κ1) is 13.6. The molecule has 18 heavy (non-hydrogen) atoms. The molecular formula is C12H17O5P. The number of hydrogen-bond donors (Lipinski definition) is 1. The van der Waals surface area contributed by atoms with Crippen molar-refractivity contribution in [2.45, 2.75) is 20.0 Å². The van der Waals surface area contributed by atoms with Crippen molar-refractivity contribution in [1.82, 2.24) is 0 Å². The molecule has 5 nitrogen and oxygen atoms in total. The van der Waals surface area contributed by atoms with Gasteiger partial charge in [-0.25, -0.2) is 4.57 Å². The van der Waals surface area contributed by atoms with Crippen LogP contribution in [0.3, 0.4) is 0 Å². The summed E-state index contributed by atoms with van der Waals surface area (Å²) in [5.74, 6) is 0.637. The Kier molecular flexibility index (Phi) is 3.52. The Morgan fingerprint density at radius 3 is 2.78 bits per heavy atom. The summed E-state index contributed by atoms with van der Waals surface area (Å²) in [5, 5.41) is 0. The zero-order chi connectivity index (χ0) is 13.4.